The van der Waals surface area contributed by atoms with Crippen molar-refractivity contribution in [3.05, 3.63) is 28.8 Å². The average Bonchev–Trinajstić information content (AvgIpc) is 2.82. The molecule has 19 heavy (non-hydrogen) atoms. The lowest BCUT2D eigenvalue weighted by Crippen LogP contribution is -2.34. The molecule has 1 aromatic rings. The van der Waals surface area contributed by atoms with E-state index in [1.807, 2.05) is 32.9 Å². The van der Waals surface area contributed by atoms with Gasteiger partial charge in [0.2, 0.25) is 0 Å². The SMILES string of the molecule is Cc1ccc(C(C)C)c(C2(C(=O)O)CCCC2)c1O. The Kier molecular flexibility index (Phi) is 3.57. The van der Waals surface area contributed by atoms with Crippen molar-refractivity contribution in [1.82, 2.24) is 0 Å². The van der Waals surface area contributed by atoms with E-state index in [1.165, 1.54) is 0 Å². The van der Waals surface area contributed by atoms with E-state index in [4.69, 9.17) is 0 Å². The van der Waals surface area contributed by atoms with Crippen LogP contribution in [0.15, 0.2) is 12.1 Å². The van der Waals surface area contributed by atoms with Gasteiger partial charge in [-0.25, -0.2) is 0 Å². The van der Waals surface area contributed by atoms with E-state index in [9.17, 15) is 15.0 Å². The number of phenolic OH excluding ortho intramolecular Hbond substituents is 1. The van der Waals surface area contributed by atoms with E-state index in [2.05, 4.69) is 0 Å². The molecule has 0 saturated heterocycles. The van der Waals surface area contributed by atoms with Crippen LogP contribution in [0.3, 0.4) is 0 Å². The van der Waals surface area contributed by atoms with Crippen molar-refractivity contribution in [2.24, 2.45) is 0 Å². The zero-order valence-corrected chi connectivity index (χ0v) is 11.9. The number of hydrogen-bond donors (Lipinski definition) is 2. The minimum Gasteiger partial charge on any atom is -0.507 e. The molecule has 0 aliphatic heterocycles. The molecule has 0 heterocycles. The van der Waals surface area contributed by atoms with Crippen LogP contribution in [-0.2, 0) is 10.2 Å². The molecule has 0 amide bonds. The summed E-state index contributed by atoms with van der Waals surface area (Å²) in [5.74, 6) is -0.415. The van der Waals surface area contributed by atoms with Crippen LogP contribution in [0.2, 0.25) is 0 Å². The Bertz CT molecular complexity index is 497. The Morgan fingerprint density at radius 2 is 1.84 bits per heavy atom. The first-order chi connectivity index (χ1) is 8.90. The van der Waals surface area contributed by atoms with Gasteiger partial charge in [-0.2, -0.15) is 0 Å². The highest BCUT2D eigenvalue weighted by Crippen LogP contribution is 2.48. The molecule has 0 bridgehead atoms. The van der Waals surface area contributed by atoms with Crippen LogP contribution < -0.4 is 0 Å². The molecule has 1 fully saturated rings. The van der Waals surface area contributed by atoms with Crippen LogP contribution in [0.4, 0.5) is 0 Å². The number of aromatic hydroxyl groups is 1. The Balaban J connectivity index is 2.71. The van der Waals surface area contributed by atoms with Gasteiger partial charge in [0.05, 0.1) is 5.41 Å². The summed E-state index contributed by atoms with van der Waals surface area (Å²) in [5, 5.41) is 20.2. The molecule has 0 aromatic heterocycles. The van der Waals surface area contributed by atoms with E-state index in [0.717, 1.165) is 24.0 Å². The Labute approximate surface area is 114 Å². The Hall–Kier alpha value is -1.51. The van der Waals surface area contributed by atoms with Gasteiger partial charge in [-0.1, -0.05) is 38.8 Å². The fourth-order valence-electron chi connectivity index (χ4n) is 3.24. The third-order valence-corrected chi connectivity index (χ3v) is 4.38. The van der Waals surface area contributed by atoms with Gasteiger partial charge in [-0.3, -0.25) is 4.79 Å². The molecule has 1 saturated carbocycles. The summed E-state index contributed by atoms with van der Waals surface area (Å²) >= 11 is 0. The Morgan fingerprint density at radius 1 is 1.26 bits per heavy atom. The summed E-state index contributed by atoms with van der Waals surface area (Å²) in [6.45, 7) is 5.91. The molecule has 0 atom stereocenters. The van der Waals surface area contributed by atoms with Crippen LogP contribution in [0.25, 0.3) is 0 Å². The molecule has 0 spiro atoms. The molecule has 1 aliphatic rings. The molecule has 2 N–H and O–H groups in total. The van der Waals surface area contributed by atoms with Crippen LogP contribution in [-0.4, -0.2) is 16.2 Å². The highest BCUT2D eigenvalue weighted by atomic mass is 16.4. The molecule has 2 rings (SSSR count). The smallest absolute Gasteiger partial charge is 0.314 e. The minimum absolute atomic E-state index is 0.176. The van der Waals surface area contributed by atoms with E-state index < -0.39 is 11.4 Å². The fraction of sp³-hybridized carbons (Fsp3) is 0.562. The van der Waals surface area contributed by atoms with Crippen molar-refractivity contribution in [2.75, 3.05) is 0 Å². The van der Waals surface area contributed by atoms with Crippen molar-refractivity contribution in [3.8, 4) is 5.75 Å². The highest BCUT2D eigenvalue weighted by molar-refractivity contribution is 5.84. The first kappa shape index (κ1) is 13.9. The number of carbonyl (C=O) groups is 1. The molecule has 0 radical (unpaired) electrons. The number of benzene rings is 1. The zero-order valence-electron chi connectivity index (χ0n) is 11.9. The summed E-state index contributed by atoms with van der Waals surface area (Å²) in [4.78, 5) is 11.9. The van der Waals surface area contributed by atoms with Crippen LogP contribution in [0.5, 0.6) is 5.75 Å². The second kappa shape index (κ2) is 4.87. The number of rotatable bonds is 3. The maximum atomic E-state index is 11.9. The maximum Gasteiger partial charge on any atom is 0.314 e. The number of phenols is 1. The summed E-state index contributed by atoms with van der Waals surface area (Å²) in [6, 6.07) is 3.84. The second-order valence-electron chi connectivity index (χ2n) is 5.94. The monoisotopic (exact) mass is 262 g/mol. The molecular formula is C16H22O3. The number of carboxylic acid groups (broad SMARTS) is 1. The first-order valence-corrected chi connectivity index (χ1v) is 6.96. The van der Waals surface area contributed by atoms with Gasteiger partial charge in [-0.15, -0.1) is 0 Å². The molecule has 0 unspecified atom stereocenters. The molecule has 104 valence electrons. The molecule has 3 heteroatoms. The van der Waals surface area contributed by atoms with E-state index in [1.54, 1.807) is 0 Å². The topological polar surface area (TPSA) is 57.5 Å². The van der Waals surface area contributed by atoms with Gasteiger partial charge in [-0.05, 0) is 36.8 Å². The van der Waals surface area contributed by atoms with Gasteiger partial charge in [0, 0.05) is 5.56 Å². The standard InChI is InChI=1S/C16H22O3/c1-10(2)12-7-6-11(3)14(17)13(12)16(15(18)19)8-4-5-9-16/h6-7,10,17H,4-5,8-9H2,1-3H3,(H,18,19). The van der Waals surface area contributed by atoms with Crippen molar-refractivity contribution in [3.63, 3.8) is 0 Å². The average molecular weight is 262 g/mol. The molecule has 1 aromatic carbocycles. The summed E-state index contributed by atoms with van der Waals surface area (Å²) in [6.07, 6.45) is 3.08. The van der Waals surface area contributed by atoms with Crippen molar-refractivity contribution >= 4 is 5.97 Å². The van der Waals surface area contributed by atoms with E-state index in [-0.39, 0.29) is 11.7 Å². The summed E-state index contributed by atoms with van der Waals surface area (Å²) in [7, 11) is 0. The van der Waals surface area contributed by atoms with Crippen LogP contribution >= 0.6 is 0 Å². The van der Waals surface area contributed by atoms with Crippen molar-refractivity contribution < 1.29 is 15.0 Å². The highest BCUT2D eigenvalue weighted by Gasteiger charge is 2.46. The van der Waals surface area contributed by atoms with Gasteiger partial charge < -0.3 is 10.2 Å². The molecule has 1 aliphatic carbocycles. The summed E-state index contributed by atoms with van der Waals surface area (Å²) in [5.41, 5.74) is 1.49. The number of carboxylic acids is 1. The second-order valence-corrected chi connectivity index (χ2v) is 5.94. The normalized spacial score (nSPS) is 17.9. The van der Waals surface area contributed by atoms with Crippen LogP contribution in [0.1, 0.15) is 62.1 Å². The number of aryl methyl sites for hydroxylation is 1. The number of aliphatic carboxylic acids is 1. The number of hydrogen-bond acceptors (Lipinski definition) is 2. The largest absolute Gasteiger partial charge is 0.507 e. The maximum absolute atomic E-state index is 11.9. The fourth-order valence-corrected chi connectivity index (χ4v) is 3.24. The Morgan fingerprint density at radius 3 is 2.32 bits per heavy atom. The van der Waals surface area contributed by atoms with Gasteiger partial charge >= 0.3 is 5.97 Å². The van der Waals surface area contributed by atoms with Gasteiger partial charge in [0.1, 0.15) is 5.75 Å². The quantitative estimate of drug-likeness (QED) is 0.872. The molecule has 3 nitrogen and oxygen atoms in total. The first-order valence-electron chi connectivity index (χ1n) is 6.96. The van der Waals surface area contributed by atoms with Crippen molar-refractivity contribution in [2.45, 2.75) is 57.8 Å². The van der Waals surface area contributed by atoms with Gasteiger partial charge in [0.25, 0.3) is 0 Å². The third kappa shape index (κ3) is 2.11. The van der Waals surface area contributed by atoms with Crippen molar-refractivity contribution in [1.29, 1.82) is 0 Å². The lowest BCUT2D eigenvalue weighted by molar-refractivity contribution is -0.143. The zero-order chi connectivity index (χ0) is 14.2. The lowest BCUT2D eigenvalue weighted by atomic mass is 9.73. The minimum atomic E-state index is -0.893. The predicted molar refractivity (Wildman–Crippen MR) is 74.7 cm³/mol. The molecular weight excluding hydrogens is 240 g/mol. The summed E-state index contributed by atoms with van der Waals surface area (Å²) < 4.78 is 0. The van der Waals surface area contributed by atoms with E-state index in [0.29, 0.717) is 18.4 Å². The lowest BCUT2D eigenvalue weighted by Gasteiger charge is -2.30. The third-order valence-electron chi connectivity index (χ3n) is 4.38. The predicted octanol–water partition coefficient (Wildman–Crippen LogP) is 3.72. The van der Waals surface area contributed by atoms with Gasteiger partial charge in [0.15, 0.2) is 0 Å². The van der Waals surface area contributed by atoms with E-state index >= 15 is 0 Å². The van der Waals surface area contributed by atoms with Crippen LogP contribution in [0, 0.1) is 6.92 Å².